The largest absolute Gasteiger partial charge is 0.444 e. The Hall–Kier alpha value is -2.67. The summed E-state index contributed by atoms with van der Waals surface area (Å²) in [7, 11) is 0. The Bertz CT molecular complexity index is 927. The highest BCUT2D eigenvalue weighted by Gasteiger charge is 2.08. The van der Waals surface area contributed by atoms with Gasteiger partial charge in [0.2, 0.25) is 5.89 Å². The number of hydrogen-bond donors (Lipinski definition) is 2. The SMILES string of the molecule is CCNC(=NCc1coc(-c2ccc(C)cc2)n1)NCCc1sc(C)nc1C. The molecule has 0 spiro atoms. The maximum atomic E-state index is 5.61. The summed E-state index contributed by atoms with van der Waals surface area (Å²) in [5.41, 5.74) is 4.12. The van der Waals surface area contributed by atoms with Crippen molar-refractivity contribution in [2.45, 2.75) is 40.7 Å². The summed E-state index contributed by atoms with van der Waals surface area (Å²) in [6, 6.07) is 8.14. The fourth-order valence-corrected chi connectivity index (χ4v) is 3.75. The van der Waals surface area contributed by atoms with Crippen LogP contribution in [0, 0.1) is 20.8 Å². The van der Waals surface area contributed by atoms with Gasteiger partial charge >= 0.3 is 0 Å². The molecule has 28 heavy (non-hydrogen) atoms. The molecule has 3 rings (SSSR count). The van der Waals surface area contributed by atoms with Crippen molar-refractivity contribution >= 4 is 17.3 Å². The predicted molar refractivity (Wildman–Crippen MR) is 115 cm³/mol. The zero-order chi connectivity index (χ0) is 19.9. The lowest BCUT2D eigenvalue weighted by molar-refractivity contribution is 0.572. The van der Waals surface area contributed by atoms with Crippen LogP contribution in [0.15, 0.2) is 39.9 Å². The number of aryl methyl sites for hydroxylation is 3. The van der Waals surface area contributed by atoms with Crippen LogP contribution in [0.25, 0.3) is 11.5 Å². The topological polar surface area (TPSA) is 75.3 Å². The average Bonchev–Trinajstić information content (AvgIpc) is 3.26. The first kappa shape index (κ1) is 20.1. The molecule has 7 heteroatoms. The molecule has 0 saturated heterocycles. The van der Waals surface area contributed by atoms with Gasteiger partial charge in [0, 0.05) is 30.0 Å². The van der Waals surface area contributed by atoms with Crippen LogP contribution in [-0.2, 0) is 13.0 Å². The molecule has 1 aromatic carbocycles. The van der Waals surface area contributed by atoms with Gasteiger partial charge in [-0.2, -0.15) is 0 Å². The first-order valence-electron chi connectivity index (χ1n) is 9.51. The monoisotopic (exact) mass is 397 g/mol. The lowest BCUT2D eigenvalue weighted by Crippen LogP contribution is -2.38. The molecule has 6 nitrogen and oxygen atoms in total. The van der Waals surface area contributed by atoms with Crippen molar-refractivity contribution in [1.29, 1.82) is 0 Å². The van der Waals surface area contributed by atoms with Gasteiger partial charge in [-0.3, -0.25) is 0 Å². The fraction of sp³-hybridized carbons (Fsp3) is 0.381. The zero-order valence-electron chi connectivity index (χ0n) is 16.9. The lowest BCUT2D eigenvalue weighted by Gasteiger charge is -2.10. The molecule has 0 unspecified atom stereocenters. The number of aliphatic imine (C=N–C) groups is 1. The maximum absolute atomic E-state index is 5.61. The average molecular weight is 398 g/mol. The highest BCUT2D eigenvalue weighted by atomic mass is 32.1. The normalized spacial score (nSPS) is 11.6. The molecule has 2 N–H and O–H groups in total. The van der Waals surface area contributed by atoms with Gasteiger partial charge in [0.1, 0.15) is 12.0 Å². The molecule has 2 aromatic heterocycles. The van der Waals surface area contributed by atoms with Crippen LogP contribution in [0.4, 0.5) is 0 Å². The van der Waals surface area contributed by atoms with E-state index >= 15 is 0 Å². The number of hydrogen-bond acceptors (Lipinski definition) is 5. The number of benzene rings is 1. The Balaban J connectivity index is 1.58. The van der Waals surface area contributed by atoms with E-state index in [4.69, 9.17) is 4.42 Å². The Morgan fingerprint density at radius 1 is 1.11 bits per heavy atom. The second kappa shape index (κ2) is 9.50. The van der Waals surface area contributed by atoms with Gasteiger partial charge in [0.05, 0.1) is 17.2 Å². The fourth-order valence-electron chi connectivity index (χ4n) is 2.81. The van der Waals surface area contributed by atoms with Gasteiger partial charge in [-0.05, 0) is 39.8 Å². The van der Waals surface area contributed by atoms with E-state index in [9.17, 15) is 0 Å². The standard InChI is InChI=1S/C21H27N5OS/c1-5-22-21(23-11-10-19-15(3)25-16(4)28-19)24-12-18-13-27-20(26-18)17-8-6-14(2)7-9-17/h6-9,13H,5,10-12H2,1-4H3,(H2,22,23,24). The van der Waals surface area contributed by atoms with E-state index in [2.05, 4.69) is 58.5 Å². The van der Waals surface area contributed by atoms with Crippen molar-refractivity contribution in [1.82, 2.24) is 20.6 Å². The second-order valence-corrected chi connectivity index (χ2v) is 7.91. The molecule has 148 valence electrons. The van der Waals surface area contributed by atoms with Crippen molar-refractivity contribution in [3.63, 3.8) is 0 Å². The van der Waals surface area contributed by atoms with Gasteiger partial charge in [0.25, 0.3) is 0 Å². The minimum absolute atomic E-state index is 0.462. The molecule has 0 radical (unpaired) electrons. The van der Waals surface area contributed by atoms with Gasteiger partial charge in [-0.1, -0.05) is 17.7 Å². The molecule has 2 heterocycles. The molecule has 0 aliphatic carbocycles. The minimum atomic E-state index is 0.462. The highest BCUT2D eigenvalue weighted by Crippen LogP contribution is 2.19. The van der Waals surface area contributed by atoms with Crippen LogP contribution in [0.1, 0.15) is 33.8 Å². The molecule has 0 bridgehead atoms. The quantitative estimate of drug-likeness (QED) is 0.465. The predicted octanol–water partition coefficient (Wildman–Crippen LogP) is 4.02. The first-order chi connectivity index (χ1) is 13.5. The molecule has 0 aliphatic rings. The number of thiazole rings is 1. The van der Waals surface area contributed by atoms with Crippen molar-refractivity contribution in [2.75, 3.05) is 13.1 Å². The smallest absolute Gasteiger partial charge is 0.226 e. The van der Waals surface area contributed by atoms with Crippen LogP contribution in [-0.4, -0.2) is 29.0 Å². The van der Waals surface area contributed by atoms with Gasteiger partial charge in [0.15, 0.2) is 5.96 Å². The van der Waals surface area contributed by atoms with E-state index in [0.29, 0.717) is 12.4 Å². The molecule has 0 saturated carbocycles. The maximum Gasteiger partial charge on any atom is 0.226 e. The number of nitrogens with zero attached hydrogens (tertiary/aromatic N) is 3. The van der Waals surface area contributed by atoms with E-state index in [1.165, 1.54) is 10.4 Å². The summed E-state index contributed by atoms with van der Waals surface area (Å²) < 4.78 is 5.61. The van der Waals surface area contributed by atoms with Crippen LogP contribution < -0.4 is 10.6 Å². The molecule has 3 aromatic rings. The Kier molecular flexibility index (Phi) is 6.81. The molecule has 0 atom stereocenters. The van der Waals surface area contributed by atoms with E-state index in [0.717, 1.165) is 47.4 Å². The number of nitrogens with one attached hydrogen (secondary N) is 2. The summed E-state index contributed by atoms with van der Waals surface area (Å²) in [6.07, 6.45) is 2.61. The molecular weight excluding hydrogens is 370 g/mol. The van der Waals surface area contributed by atoms with Gasteiger partial charge in [-0.25, -0.2) is 15.0 Å². The summed E-state index contributed by atoms with van der Waals surface area (Å²) in [4.78, 5) is 15.0. The third kappa shape index (κ3) is 5.42. The van der Waals surface area contributed by atoms with Crippen molar-refractivity contribution < 1.29 is 4.42 Å². The Morgan fingerprint density at radius 3 is 2.57 bits per heavy atom. The van der Waals surface area contributed by atoms with Gasteiger partial charge < -0.3 is 15.1 Å². The van der Waals surface area contributed by atoms with Gasteiger partial charge in [-0.15, -0.1) is 11.3 Å². The van der Waals surface area contributed by atoms with E-state index < -0.39 is 0 Å². The number of guanidine groups is 1. The van der Waals surface area contributed by atoms with Crippen molar-refractivity contribution in [3.8, 4) is 11.5 Å². The number of aromatic nitrogens is 2. The van der Waals surface area contributed by atoms with Crippen molar-refractivity contribution in [3.05, 3.63) is 57.4 Å². The molecule has 0 amide bonds. The van der Waals surface area contributed by atoms with Crippen molar-refractivity contribution in [2.24, 2.45) is 4.99 Å². The van der Waals surface area contributed by atoms with Crippen LogP contribution in [0.3, 0.4) is 0 Å². The third-order valence-electron chi connectivity index (χ3n) is 4.24. The van der Waals surface area contributed by atoms with E-state index in [1.54, 1.807) is 17.6 Å². The Labute approximate surface area is 170 Å². The molecule has 0 aliphatic heterocycles. The second-order valence-electron chi connectivity index (χ2n) is 6.62. The van der Waals surface area contributed by atoms with E-state index in [-0.39, 0.29) is 0 Å². The van der Waals surface area contributed by atoms with Crippen LogP contribution >= 0.6 is 11.3 Å². The summed E-state index contributed by atoms with van der Waals surface area (Å²) in [5, 5.41) is 7.77. The summed E-state index contributed by atoms with van der Waals surface area (Å²) >= 11 is 1.76. The lowest BCUT2D eigenvalue weighted by atomic mass is 10.1. The summed E-state index contributed by atoms with van der Waals surface area (Å²) in [5.74, 6) is 1.40. The first-order valence-corrected chi connectivity index (χ1v) is 10.3. The molecular formula is C21H27N5OS. The third-order valence-corrected chi connectivity index (χ3v) is 5.37. The highest BCUT2D eigenvalue weighted by molar-refractivity contribution is 7.11. The zero-order valence-corrected chi connectivity index (χ0v) is 17.7. The van der Waals surface area contributed by atoms with E-state index in [1.807, 2.05) is 19.1 Å². The number of rotatable bonds is 7. The Morgan fingerprint density at radius 2 is 1.89 bits per heavy atom. The van der Waals surface area contributed by atoms with Crippen LogP contribution in [0.2, 0.25) is 0 Å². The number of oxazole rings is 1. The van der Waals surface area contributed by atoms with Crippen LogP contribution in [0.5, 0.6) is 0 Å². The minimum Gasteiger partial charge on any atom is -0.444 e. The molecule has 0 fully saturated rings. The summed E-state index contributed by atoms with van der Waals surface area (Å²) in [6.45, 7) is 10.3.